The van der Waals surface area contributed by atoms with Gasteiger partial charge in [0.1, 0.15) is 0 Å². The van der Waals surface area contributed by atoms with Crippen molar-refractivity contribution in [3.63, 3.8) is 0 Å². The summed E-state index contributed by atoms with van der Waals surface area (Å²) in [7, 11) is -3.98. The molecule has 0 aromatic heterocycles. The van der Waals surface area contributed by atoms with Crippen LogP contribution in [-0.2, 0) is 10.4 Å². The summed E-state index contributed by atoms with van der Waals surface area (Å²) in [5.41, 5.74) is 11.7. The minimum Gasteiger partial charge on any atom is -0.366 e. The first-order valence-corrected chi connectivity index (χ1v) is 6.82. The predicted octanol–water partition coefficient (Wildman–Crippen LogP) is -0.574. The van der Waals surface area contributed by atoms with Crippen LogP contribution >= 0.6 is 0 Å². The molecule has 8 heteroatoms. The third kappa shape index (κ3) is 2.50. The lowest BCUT2D eigenvalue weighted by atomic mass is 10.2. The largest absolute Gasteiger partial charge is 0.501 e. The zero-order chi connectivity index (χ0) is 13.2. The van der Waals surface area contributed by atoms with Crippen molar-refractivity contribution in [3.8, 4) is 11.5 Å². The summed E-state index contributed by atoms with van der Waals surface area (Å²) in [5, 5.41) is 0. The highest BCUT2D eigenvalue weighted by molar-refractivity contribution is 7.82. The van der Waals surface area contributed by atoms with Gasteiger partial charge in [0.15, 0.2) is 5.75 Å². The Morgan fingerprint density at radius 3 is 2.39 bits per heavy atom. The number of anilines is 1. The lowest BCUT2D eigenvalue weighted by Gasteiger charge is -2.24. The fourth-order valence-electron chi connectivity index (χ4n) is 1.80. The number of fused-ring (bicyclic) bond motifs is 1. The Kier molecular flexibility index (Phi) is 3.60. The molecule has 0 unspecified atom stereocenters. The number of benzene rings is 1. The van der Waals surface area contributed by atoms with Crippen LogP contribution in [0.3, 0.4) is 0 Å². The molecule has 1 aliphatic heterocycles. The molecule has 0 saturated carbocycles. The summed E-state index contributed by atoms with van der Waals surface area (Å²) in [6.45, 7) is 1.96. The Hall–Kier alpha value is -1.51. The van der Waals surface area contributed by atoms with Crippen LogP contribution in [0.1, 0.15) is 0 Å². The van der Waals surface area contributed by atoms with Crippen LogP contribution in [0.15, 0.2) is 18.2 Å². The van der Waals surface area contributed by atoms with Crippen molar-refractivity contribution >= 4 is 16.1 Å². The van der Waals surface area contributed by atoms with E-state index in [4.69, 9.17) is 19.8 Å². The molecule has 0 amide bonds. The summed E-state index contributed by atoms with van der Waals surface area (Å²) in [6, 6.07) is 4.97. The smallest absolute Gasteiger partial charge is 0.366 e. The van der Waals surface area contributed by atoms with E-state index in [9.17, 15) is 8.42 Å². The molecule has 0 radical (unpaired) electrons. The van der Waals surface area contributed by atoms with Crippen molar-refractivity contribution in [1.82, 2.24) is 0 Å². The molecular formula is C10H15N3O4S. The van der Waals surface area contributed by atoms with Crippen LogP contribution < -0.4 is 24.7 Å². The van der Waals surface area contributed by atoms with E-state index in [2.05, 4.69) is 0 Å². The van der Waals surface area contributed by atoms with E-state index in [0.717, 1.165) is 0 Å². The Morgan fingerprint density at radius 2 is 1.78 bits per heavy atom. The second kappa shape index (κ2) is 5.01. The van der Waals surface area contributed by atoms with E-state index < -0.39 is 10.4 Å². The maximum Gasteiger partial charge on any atom is 0.501 e. The Bertz CT molecular complexity index is 526. The van der Waals surface area contributed by atoms with Gasteiger partial charge in [-0.15, -0.1) is 8.42 Å². The quantitative estimate of drug-likeness (QED) is 0.739. The fourth-order valence-corrected chi connectivity index (χ4v) is 2.55. The first-order chi connectivity index (χ1) is 8.57. The van der Waals surface area contributed by atoms with Crippen LogP contribution in [0.2, 0.25) is 0 Å². The average molecular weight is 273 g/mol. The third-order valence-corrected chi connectivity index (χ3v) is 3.23. The number of hydrogen-bond donors (Lipinski definition) is 2. The first-order valence-electron chi connectivity index (χ1n) is 5.49. The molecule has 0 bridgehead atoms. The molecule has 18 heavy (non-hydrogen) atoms. The van der Waals surface area contributed by atoms with Crippen molar-refractivity contribution in [2.45, 2.75) is 0 Å². The maximum atomic E-state index is 11.3. The van der Waals surface area contributed by atoms with Crippen LogP contribution in [0, 0.1) is 0 Å². The zero-order valence-corrected chi connectivity index (χ0v) is 10.5. The number of rotatable bonds is 5. The molecule has 0 aliphatic carbocycles. The number of hydrogen-bond acceptors (Lipinski definition) is 7. The van der Waals surface area contributed by atoms with Gasteiger partial charge in [-0.25, -0.2) is 0 Å². The van der Waals surface area contributed by atoms with Crippen molar-refractivity contribution in [1.29, 1.82) is 0 Å². The van der Waals surface area contributed by atoms with Gasteiger partial charge >= 0.3 is 10.4 Å². The number of para-hydroxylation sites is 1. The Morgan fingerprint density at radius 1 is 1.11 bits per heavy atom. The summed E-state index contributed by atoms with van der Waals surface area (Å²) in [4.78, 5) is 1.86. The molecule has 1 heterocycles. The van der Waals surface area contributed by atoms with E-state index in [1.165, 1.54) is 6.07 Å². The standard InChI is InChI=1S/C10H15N3O4S/c11-4-6-13(7-5-12)8-2-1-3-9-10(8)17-18(14,15)16-9/h1-3H,4-7,11-12H2. The third-order valence-electron chi connectivity index (χ3n) is 2.47. The second-order valence-corrected chi connectivity index (χ2v) is 4.89. The van der Waals surface area contributed by atoms with Crippen LogP contribution in [0.25, 0.3) is 0 Å². The monoisotopic (exact) mass is 273 g/mol. The van der Waals surface area contributed by atoms with E-state index in [0.29, 0.717) is 31.9 Å². The van der Waals surface area contributed by atoms with E-state index in [-0.39, 0.29) is 11.5 Å². The Labute approximate surface area is 106 Å². The van der Waals surface area contributed by atoms with Gasteiger partial charge in [0.25, 0.3) is 0 Å². The fraction of sp³-hybridized carbons (Fsp3) is 0.400. The lowest BCUT2D eigenvalue weighted by molar-refractivity contribution is 0.436. The van der Waals surface area contributed by atoms with Gasteiger partial charge in [-0.3, -0.25) is 0 Å². The molecule has 7 nitrogen and oxygen atoms in total. The minimum atomic E-state index is -3.98. The topological polar surface area (TPSA) is 108 Å². The number of nitrogens with two attached hydrogens (primary N) is 2. The molecule has 1 aromatic carbocycles. The first kappa shape index (κ1) is 12.9. The van der Waals surface area contributed by atoms with Crippen molar-refractivity contribution in [3.05, 3.63) is 18.2 Å². The summed E-state index contributed by atoms with van der Waals surface area (Å²) in [6.07, 6.45) is 0. The SMILES string of the molecule is NCCN(CCN)c1cccc2c1OS(=O)(=O)O2. The minimum absolute atomic E-state index is 0.187. The van der Waals surface area contributed by atoms with Crippen LogP contribution in [0.5, 0.6) is 11.5 Å². The van der Waals surface area contributed by atoms with Gasteiger partial charge in [-0.05, 0) is 12.1 Å². The predicted molar refractivity (Wildman–Crippen MR) is 66.9 cm³/mol. The molecule has 0 saturated heterocycles. The van der Waals surface area contributed by atoms with Crippen molar-refractivity contribution in [2.24, 2.45) is 11.5 Å². The van der Waals surface area contributed by atoms with E-state index in [1.807, 2.05) is 4.90 Å². The second-order valence-electron chi connectivity index (χ2n) is 3.74. The summed E-state index contributed by atoms with van der Waals surface area (Å²) < 4.78 is 32.1. The summed E-state index contributed by atoms with van der Waals surface area (Å²) in [5.74, 6) is 0.381. The lowest BCUT2D eigenvalue weighted by Crippen LogP contribution is -2.34. The van der Waals surface area contributed by atoms with E-state index in [1.54, 1.807) is 12.1 Å². The average Bonchev–Trinajstić information content (AvgIpc) is 2.62. The molecule has 0 fully saturated rings. The van der Waals surface area contributed by atoms with Crippen molar-refractivity contribution in [2.75, 3.05) is 31.1 Å². The van der Waals surface area contributed by atoms with Crippen LogP contribution in [-0.4, -0.2) is 34.6 Å². The van der Waals surface area contributed by atoms with Gasteiger partial charge in [0, 0.05) is 26.2 Å². The van der Waals surface area contributed by atoms with E-state index >= 15 is 0 Å². The van der Waals surface area contributed by atoms with Gasteiger partial charge < -0.3 is 24.7 Å². The zero-order valence-electron chi connectivity index (χ0n) is 9.70. The molecule has 4 N–H and O–H groups in total. The molecular weight excluding hydrogens is 258 g/mol. The molecule has 0 spiro atoms. The molecule has 0 atom stereocenters. The normalized spacial score (nSPS) is 15.7. The van der Waals surface area contributed by atoms with Crippen LogP contribution in [0.4, 0.5) is 5.69 Å². The Balaban J connectivity index is 2.38. The highest BCUT2D eigenvalue weighted by Crippen LogP contribution is 2.43. The van der Waals surface area contributed by atoms with Crippen molar-refractivity contribution < 1.29 is 16.8 Å². The number of nitrogens with zero attached hydrogens (tertiary/aromatic N) is 1. The van der Waals surface area contributed by atoms with Gasteiger partial charge in [-0.1, -0.05) is 6.07 Å². The highest BCUT2D eigenvalue weighted by Gasteiger charge is 2.32. The van der Waals surface area contributed by atoms with Gasteiger partial charge in [0.05, 0.1) is 5.69 Å². The molecule has 2 rings (SSSR count). The van der Waals surface area contributed by atoms with Gasteiger partial charge in [-0.2, -0.15) is 0 Å². The molecule has 1 aliphatic rings. The van der Waals surface area contributed by atoms with Gasteiger partial charge in [0.2, 0.25) is 5.75 Å². The molecule has 1 aromatic rings. The summed E-state index contributed by atoms with van der Waals surface area (Å²) >= 11 is 0. The molecule has 100 valence electrons. The highest BCUT2D eigenvalue weighted by atomic mass is 32.3. The maximum absolute atomic E-state index is 11.3.